The summed E-state index contributed by atoms with van der Waals surface area (Å²) in [5, 5.41) is 12.6. The van der Waals surface area contributed by atoms with Gasteiger partial charge in [-0.2, -0.15) is 0 Å². The van der Waals surface area contributed by atoms with E-state index in [2.05, 4.69) is 87.5 Å². The summed E-state index contributed by atoms with van der Waals surface area (Å²) >= 11 is 0. The summed E-state index contributed by atoms with van der Waals surface area (Å²) in [5.41, 5.74) is 2.36. The fraction of sp³-hybridized carbons (Fsp3) is 0.457. The Bertz CT molecular complexity index is 1260. The van der Waals surface area contributed by atoms with E-state index in [0.717, 1.165) is 35.3 Å². The number of hydrogen-bond acceptors (Lipinski definition) is 5. The van der Waals surface area contributed by atoms with Crippen molar-refractivity contribution in [3.05, 3.63) is 89.5 Å². The lowest BCUT2D eigenvalue weighted by atomic mass is 9.95. The van der Waals surface area contributed by atoms with Crippen molar-refractivity contribution in [1.82, 2.24) is 4.90 Å². The molecule has 0 atom stereocenters. The molecule has 1 aliphatic rings. The molecule has 1 heterocycles. The summed E-state index contributed by atoms with van der Waals surface area (Å²) < 4.78 is 18.7. The van der Waals surface area contributed by atoms with Gasteiger partial charge in [0.1, 0.15) is 11.4 Å². The van der Waals surface area contributed by atoms with Crippen LogP contribution in [0.1, 0.15) is 71.1 Å². The van der Waals surface area contributed by atoms with E-state index in [1.165, 1.54) is 10.4 Å². The number of aliphatic hydroxyl groups is 1. The summed E-state index contributed by atoms with van der Waals surface area (Å²) in [6.45, 7) is 14.6. The minimum Gasteiger partial charge on any atom is -0.494 e. The summed E-state index contributed by atoms with van der Waals surface area (Å²) in [4.78, 5) is 14.3. The van der Waals surface area contributed by atoms with E-state index >= 15 is 0 Å². The summed E-state index contributed by atoms with van der Waals surface area (Å²) in [5.74, 6) is 0.761. The van der Waals surface area contributed by atoms with E-state index < -0.39 is 13.9 Å². The van der Waals surface area contributed by atoms with Gasteiger partial charge in [-0.3, -0.25) is 0 Å². The van der Waals surface area contributed by atoms with Gasteiger partial charge >= 0.3 is 6.09 Å². The van der Waals surface area contributed by atoms with Crippen LogP contribution in [-0.4, -0.2) is 49.8 Å². The van der Waals surface area contributed by atoms with Crippen LogP contribution < -0.4 is 15.1 Å². The zero-order valence-corrected chi connectivity index (χ0v) is 27.1. The van der Waals surface area contributed by atoms with Crippen LogP contribution >= 0.6 is 0 Å². The number of nitrogens with zero attached hydrogens (tertiary/aromatic N) is 1. The average molecular weight is 590 g/mol. The Hall–Kier alpha value is -3.13. The first-order valence-corrected chi connectivity index (χ1v) is 17.0. The first-order valence-electron chi connectivity index (χ1n) is 15.1. The minimum atomic E-state index is -2.54. The van der Waals surface area contributed by atoms with Gasteiger partial charge in [-0.05, 0) is 84.3 Å². The van der Waals surface area contributed by atoms with Crippen molar-refractivity contribution in [3.63, 3.8) is 0 Å². The Morgan fingerprint density at radius 3 is 2.02 bits per heavy atom. The number of aliphatic hydroxyl groups excluding tert-OH is 1. The van der Waals surface area contributed by atoms with E-state index in [1.54, 1.807) is 4.90 Å². The SMILES string of the molecule is CC(C)(C)OC(=O)N1CCc2cc(OCCCCO[Si](c3ccccc3)(c3ccccc3)C(C)(C)C)cc(CO)c2C1. The van der Waals surface area contributed by atoms with Crippen molar-refractivity contribution < 1.29 is 23.8 Å². The topological polar surface area (TPSA) is 68.2 Å². The lowest BCUT2D eigenvalue weighted by Gasteiger charge is -2.43. The van der Waals surface area contributed by atoms with Gasteiger partial charge in [-0.15, -0.1) is 0 Å². The van der Waals surface area contributed by atoms with E-state index in [0.29, 0.717) is 32.7 Å². The van der Waals surface area contributed by atoms with Crippen LogP contribution in [0.5, 0.6) is 5.75 Å². The summed E-state index contributed by atoms with van der Waals surface area (Å²) in [6.07, 6.45) is 2.12. The maximum Gasteiger partial charge on any atom is 0.410 e. The van der Waals surface area contributed by atoms with E-state index in [-0.39, 0.29) is 17.7 Å². The Labute approximate surface area is 252 Å². The fourth-order valence-corrected chi connectivity index (χ4v) is 10.4. The number of fused-ring (bicyclic) bond motifs is 1. The van der Waals surface area contributed by atoms with Crippen LogP contribution in [0.25, 0.3) is 0 Å². The van der Waals surface area contributed by atoms with Gasteiger partial charge in [0, 0.05) is 19.7 Å². The summed E-state index contributed by atoms with van der Waals surface area (Å²) in [7, 11) is -2.54. The number of carbonyl (C=O) groups excluding carboxylic acids is 1. The molecular formula is C35H47NO5Si. The highest BCUT2D eigenvalue weighted by atomic mass is 28.4. The van der Waals surface area contributed by atoms with Crippen LogP contribution in [0.2, 0.25) is 5.04 Å². The molecule has 0 aliphatic carbocycles. The molecule has 42 heavy (non-hydrogen) atoms. The van der Waals surface area contributed by atoms with Crippen molar-refractivity contribution in [2.45, 2.75) is 84.6 Å². The van der Waals surface area contributed by atoms with Gasteiger partial charge in [0.05, 0.1) is 13.2 Å². The molecule has 0 fully saturated rings. The van der Waals surface area contributed by atoms with Crippen molar-refractivity contribution >= 4 is 24.8 Å². The molecule has 0 saturated carbocycles. The van der Waals surface area contributed by atoms with E-state index in [4.69, 9.17) is 13.9 Å². The standard InChI is InChI=1S/C35H47NO5Si/c1-34(2,3)41-33(38)36-20-19-27-23-29(24-28(26-37)32(27)25-36)39-21-13-14-22-40-42(35(4,5)6,30-15-9-7-10-16-30)31-17-11-8-12-18-31/h7-12,15-18,23-24,37H,13-14,19-22,25-26H2,1-6H3. The molecule has 1 amide bonds. The number of amides is 1. The maximum atomic E-state index is 12.6. The quantitative estimate of drug-likeness (QED) is 0.225. The number of ether oxygens (including phenoxy) is 2. The highest BCUT2D eigenvalue weighted by Crippen LogP contribution is 2.37. The molecule has 0 bridgehead atoms. The first-order chi connectivity index (χ1) is 19.9. The number of hydrogen-bond donors (Lipinski definition) is 1. The second kappa shape index (κ2) is 13.4. The molecular weight excluding hydrogens is 542 g/mol. The number of rotatable bonds is 10. The van der Waals surface area contributed by atoms with Crippen LogP contribution in [0.15, 0.2) is 72.8 Å². The molecule has 226 valence electrons. The van der Waals surface area contributed by atoms with Gasteiger partial charge in [0.25, 0.3) is 8.32 Å². The molecule has 0 spiro atoms. The Balaban J connectivity index is 1.38. The molecule has 0 saturated heterocycles. The minimum absolute atomic E-state index is 0.0465. The maximum absolute atomic E-state index is 12.6. The largest absolute Gasteiger partial charge is 0.494 e. The van der Waals surface area contributed by atoms with E-state index in [9.17, 15) is 9.90 Å². The van der Waals surface area contributed by atoms with Crippen molar-refractivity contribution in [1.29, 1.82) is 0 Å². The molecule has 6 nitrogen and oxygen atoms in total. The Kier molecular flexibility index (Phi) is 10.2. The second-order valence-corrected chi connectivity index (χ2v) is 17.4. The van der Waals surface area contributed by atoms with Gasteiger partial charge in [0.2, 0.25) is 0 Å². The Morgan fingerprint density at radius 2 is 1.48 bits per heavy atom. The smallest absolute Gasteiger partial charge is 0.410 e. The van der Waals surface area contributed by atoms with E-state index in [1.807, 2.05) is 26.8 Å². The lowest BCUT2D eigenvalue weighted by molar-refractivity contribution is 0.0222. The molecule has 1 N–H and O–H groups in total. The van der Waals surface area contributed by atoms with Crippen molar-refractivity contribution in [2.75, 3.05) is 19.8 Å². The molecule has 7 heteroatoms. The van der Waals surface area contributed by atoms with Crippen LogP contribution in [0.3, 0.4) is 0 Å². The number of benzene rings is 3. The van der Waals surface area contributed by atoms with Crippen LogP contribution in [0.4, 0.5) is 4.79 Å². The monoisotopic (exact) mass is 589 g/mol. The third kappa shape index (κ3) is 7.44. The second-order valence-electron chi connectivity index (χ2n) is 13.1. The van der Waals surface area contributed by atoms with Gasteiger partial charge in [-0.1, -0.05) is 81.4 Å². The average Bonchev–Trinajstić information content (AvgIpc) is 2.95. The van der Waals surface area contributed by atoms with Crippen molar-refractivity contribution in [2.24, 2.45) is 0 Å². The van der Waals surface area contributed by atoms with Gasteiger partial charge in [0.15, 0.2) is 0 Å². The fourth-order valence-electron chi connectivity index (χ4n) is 5.80. The molecule has 0 aromatic heterocycles. The molecule has 4 rings (SSSR count). The zero-order chi connectivity index (χ0) is 30.4. The number of unbranched alkanes of at least 4 members (excludes halogenated alkanes) is 1. The Morgan fingerprint density at radius 1 is 0.881 bits per heavy atom. The predicted molar refractivity (Wildman–Crippen MR) is 171 cm³/mol. The molecule has 1 aliphatic heterocycles. The number of carbonyl (C=O) groups is 1. The third-order valence-electron chi connectivity index (χ3n) is 7.77. The summed E-state index contributed by atoms with van der Waals surface area (Å²) in [6, 6.07) is 25.4. The highest BCUT2D eigenvalue weighted by Gasteiger charge is 2.49. The molecule has 0 radical (unpaired) electrons. The molecule has 3 aromatic rings. The van der Waals surface area contributed by atoms with Gasteiger partial charge in [-0.25, -0.2) is 4.79 Å². The van der Waals surface area contributed by atoms with Crippen LogP contribution in [0, 0.1) is 0 Å². The first kappa shape index (κ1) is 31.8. The van der Waals surface area contributed by atoms with Gasteiger partial charge < -0.3 is 23.9 Å². The third-order valence-corrected chi connectivity index (χ3v) is 12.8. The van der Waals surface area contributed by atoms with Crippen molar-refractivity contribution in [3.8, 4) is 5.75 Å². The van der Waals surface area contributed by atoms with Crippen LogP contribution in [-0.2, 0) is 28.7 Å². The molecule has 0 unspecified atom stereocenters. The normalized spacial score (nSPS) is 13.9. The zero-order valence-electron chi connectivity index (χ0n) is 26.1. The predicted octanol–water partition coefficient (Wildman–Crippen LogP) is 6.21. The lowest BCUT2D eigenvalue weighted by Crippen LogP contribution is -2.66. The molecule has 3 aromatic carbocycles. The highest BCUT2D eigenvalue weighted by molar-refractivity contribution is 6.99.